The largest absolute Gasteiger partial charge is 0.310 e. The molecule has 2 nitrogen and oxygen atoms in total. The summed E-state index contributed by atoms with van der Waals surface area (Å²) in [6, 6.07) is 69.8. The molecule has 0 fully saturated rings. The molecule has 0 saturated carbocycles. The number of hydrogen-bond acceptors (Lipinski definition) is 1. The van der Waals surface area contributed by atoms with Gasteiger partial charge in [0.15, 0.2) is 0 Å². The molecule has 0 spiro atoms. The molecule has 0 atom stereocenters. The van der Waals surface area contributed by atoms with Crippen molar-refractivity contribution in [2.45, 2.75) is 0 Å². The zero-order chi connectivity index (χ0) is 31.9. The highest BCUT2D eigenvalue weighted by molar-refractivity contribution is 6.19. The van der Waals surface area contributed by atoms with Gasteiger partial charge in [-0.25, -0.2) is 0 Å². The average Bonchev–Trinajstić information content (AvgIpc) is 3.51. The SMILES string of the molecule is c1ccc(-c2ccc(N(c3ccc4c(c3)c3ccc5ccccc5c3n4-c3ccccc3)c3ccccc3-c3ccccc3)cc2)cc1. The molecule has 0 aliphatic carbocycles. The predicted octanol–water partition coefficient (Wildman–Crippen LogP) is 12.7. The fourth-order valence-electron chi connectivity index (χ4n) is 7.14. The molecule has 1 heterocycles. The lowest BCUT2D eigenvalue weighted by Crippen LogP contribution is -2.11. The second kappa shape index (κ2) is 11.8. The van der Waals surface area contributed by atoms with Gasteiger partial charge in [0.25, 0.3) is 0 Å². The van der Waals surface area contributed by atoms with E-state index in [-0.39, 0.29) is 0 Å². The van der Waals surface area contributed by atoms with Crippen LogP contribution in [0.4, 0.5) is 17.1 Å². The molecule has 8 aromatic carbocycles. The van der Waals surface area contributed by atoms with E-state index in [4.69, 9.17) is 0 Å². The number of para-hydroxylation sites is 2. The summed E-state index contributed by atoms with van der Waals surface area (Å²) in [5.41, 5.74) is 11.7. The minimum atomic E-state index is 1.11. The molecule has 226 valence electrons. The summed E-state index contributed by atoms with van der Waals surface area (Å²) in [6.45, 7) is 0. The first-order valence-electron chi connectivity index (χ1n) is 16.4. The van der Waals surface area contributed by atoms with Crippen molar-refractivity contribution < 1.29 is 0 Å². The van der Waals surface area contributed by atoms with Gasteiger partial charge < -0.3 is 9.47 Å². The fraction of sp³-hybridized carbons (Fsp3) is 0. The second-order valence-electron chi connectivity index (χ2n) is 12.2. The van der Waals surface area contributed by atoms with Gasteiger partial charge >= 0.3 is 0 Å². The molecule has 0 amide bonds. The molecule has 0 unspecified atom stereocenters. The van der Waals surface area contributed by atoms with E-state index in [0.717, 1.165) is 22.7 Å². The Hall–Kier alpha value is -6.38. The van der Waals surface area contributed by atoms with Crippen LogP contribution in [0.1, 0.15) is 0 Å². The molecular weight excluding hydrogens is 581 g/mol. The Kier molecular flexibility index (Phi) is 6.84. The van der Waals surface area contributed by atoms with Gasteiger partial charge in [-0.15, -0.1) is 0 Å². The van der Waals surface area contributed by atoms with E-state index < -0.39 is 0 Å². The summed E-state index contributed by atoms with van der Waals surface area (Å²) in [4.78, 5) is 2.41. The normalized spacial score (nSPS) is 11.3. The smallest absolute Gasteiger partial charge is 0.0619 e. The van der Waals surface area contributed by atoms with Crippen molar-refractivity contribution in [3.05, 3.63) is 194 Å². The molecule has 0 bridgehead atoms. The lowest BCUT2D eigenvalue weighted by Gasteiger charge is -2.28. The van der Waals surface area contributed by atoms with Crippen LogP contribution in [0.2, 0.25) is 0 Å². The van der Waals surface area contributed by atoms with E-state index in [1.807, 2.05) is 0 Å². The maximum absolute atomic E-state index is 2.42. The highest BCUT2D eigenvalue weighted by Crippen LogP contribution is 2.44. The zero-order valence-corrected chi connectivity index (χ0v) is 26.4. The molecule has 1 aromatic heterocycles. The predicted molar refractivity (Wildman–Crippen MR) is 204 cm³/mol. The summed E-state index contributed by atoms with van der Waals surface area (Å²) in [5, 5.41) is 4.95. The first-order valence-corrected chi connectivity index (χ1v) is 16.4. The van der Waals surface area contributed by atoms with Crippen molar-refractivity contribution in [1.29, 1.82) is 0 Å². The standard InChI is InChI=1S/C46H32N2/c1-4-14-33(15-5-1)34-24-27-38(28-25-34)47(44-23-13-12-21-40(44)35-16-6-2-7-17-35)39-29-31-45-43(32-39)42-30-26-36-18-10-11-22-41(36)46(42)48(45)37-19-8-3-9-20-37/h1-32H. The Balaban J connectivity index is 1.30. The van der Waals surface area contributed by atoms with Gasteiger partial charge in [-0.2, -0.15) is 0 Å². The molecule has 0 aliphatic rings. The highest BCUT2D eigenvalue weighted by Gasteiger charge is 2.20. The molecule has 0 N–H and O–H groups in total. The van der Waals surface area contributed by atoms with Crippen LogP contribution in [0.3, 0.4) is 0 Å². The number of aromatic nitrogens is 1. The minimum absolute atomic E-state index is 1.11. The van der Waals surface area contributed by atoms with Crippen molar-refractivity contribution in [3.63, 3.8) is 0 Å². The van der Waals surface area contributed by atoms with Crippen molar-refractivity contribution in [1.82, 2.24) is 4.57 Å². The van der Waals surface area contributed by atoms with Crippen molar-refractivity contribution in [2.75, 3.05) is 4.90 Å². The molecule has 0 radical (unpaired) electrons. The van der Waals surface area contributed by atoms with Gasteiger partial charge in [-0.05, 0) is 70.6 Å². The minimum Gasteiger partial charge on any atom is -0.310 e. The van der Waals surface area contributed by atoms with E-state index in [0.29, 0.717) is 0 Å². The summed E-state index contributed by atoms with van der Waals surface area (Å²) in [5.74, 6) is 0. The average molecular weight is 613 g/mol. The Morgan fingerprint density at radius 1 is 0.375 bits per heavy atom. The van der Waals surface area contributed by atoms with Gasteiger partial charge in [-0.1, -0.05) is 146 Å². The van der Waals surface area contributed by atoms with E-state index in [1.165, 1.54) is 54.8 Å². The van der Waals surface area contributed by atoms with Gasteiger partial charge in [0, 0.05) is 38.8 Å². The monoisotopic (exact) mass is 612 g/mol. The Morgan fingerprint density at radius 3 is 1.75 bits per heavy atom. The Morgan fingerprint density at radius 2 is 0.979 bits per heavy atom. The molecule has 48 heavy (non-hydrogen) atoms. The number of benzene rings is 8. The topological polar surface area (TPSA) is 8.17 Å². The van der Waals surface area contributed by atoms with Crippen LogP contribution in [0.15, 0.2) is 194 Å². The summed E-state index contributed by atoms with van der Waals surface area (Å²) < 4.78 is 2.42. The lowest BCUT2D eigenvalue weighted by molar-refractivity contribution is 1.18. The lowest BCUT2D eigenvalue weighted by atomic mass is 10.0. The van der Waals surface area contributed by atoms with Crippen molar-refractivity contribution in [2.24, 2.45) is 0 Å². The van der Waals surface area contributed by atoms with E-state index in [9.17, 15) is 0 Å². The molecule has 2 heteroatoms. The third kappa shape index (κ3) is 4.74. The summed E-state index contributed by atoms with van der Waals surface area (Å²) >= 11 is 0. The quantitative estimate of drug-likeness (QED) is 0.181. The maximum atomic E-state index is 2.42. The first kappa shape index (κ1) is 27.9. The molecule has 0 saturated heterocycles. The van der Waals surface area contributed by atoms with Crippen LogP contribution in [0.5, 0.6) is 0 Å². The van der Waals surface area contributed by atoms with Gasteiger partial charge in [-0.3, -0.25) is 0 Å². The summed E-state index contributed by atoms with van der Waals surface area (Å²) in [7, 11) is 0. The van der Waals surface area contributed by atoms with Gasteiger partial charge in [0.05, 0.1) is 16.7 Å². The van der Waals surface area contributed by atoms with Crippen molar-refractivity contribution in [3.8, 4) is 27.9 Å². The highest BCUT2D eigenvalue weighted by atomic mass is 15.1. The Labute approximate surface area is 280 Å². The van der Waals surface area contributed by atoms with Crippen LogP contribution >= 0.6 is 0 Å². The van der Waals surface area contributed by atoms with Crippen LogP contribution in [0, 0.1) is 0 Å². The van der Waals surface area contributed by atoms with Gasteiger partial charge in [0.1, 0.15) is 0 Å². The number of hydrogen-bond donors (Lipinski definition) is 0. The molecule has 0 aliphatic heterocycles. The van der Waals surface area contributed by atoms with Crippen LogP contribution in [-0.2, 0) is 0 Å². The van der Waals surface area contributed by atoms with Gasteiger partial charge in [0.2, 0.25) is 0 Å². The fourth-order valence-corrected chi connectivity index (χ4v) is 7.14. The zero-order valence-electron chi connectivity index (χ0n) is 26.4. The van der Waals surface area contributed by atoms with E-state index >= 15 is 0 Å². The molecule has 9 aromatic rings. The van der Waals surface area contributed by atoms with Crippen LogP contribution in [0.25, 0.3) is 60.5 Å². The third-order valence-corrected chi connectivity index (χ3v) is 9.37. The Bertz CT molecular complexity index is 2530. The number of nitrogens with zero attached hydrogens (tertiary/aromatic N) is 2. The number of anilines is 3. The molecule has 9 rings (SSSR count). The third-order valence-electron chi connectivity index (χ3n) is 9.37. The number of fused-ring (bicyclic) bond motifs is 5. The first-order chi connectivity index (χ1) is 23.8. The van der Waals surface area contributed by atoms with Crippen LogP contribution < -0.4 is 4.90 Å². The van der Waals surface area contributed by atoms with Crippen molar-refractivity contribution >= 4 is 49.6 Å². The number of rotatable bonds is 6. The maximum Gasteiger partial charge on any atom is 0.0619 e. The van der Waals surface area contributed by atoms with Crippen LogP contribution in [-0.4, -0.2) is 4.57 Å². The van der Waals surface area contributed by atoms with E-state index in [1.54, 1.807) is 0 Å². The second-order valence-corrected chi connectivity index (χ2v) is 12.2. The molecular formula is C46H32N2. The van der Waals surface area contributed by atoms with E-state index in [2.05, 4.69) is 204 Å². The summed E-state index contributed by atoms with van der Waals surface area (Å²) in [6.07, 6.45) is 0.